The molecule has 1 aromatic heterocycles. The second-order valence-electron chi connectivity index (χ2n) is 7.72. The maximum atomic E-state index is 12.7. The van der Waals surface area contributed by atoms with E-state index in [0.29, 0.717) is 28.3 Å². The van der Waals surface area contributed by atoms with Gasteiger partial charge in [0.25, 0.3) is 5.91 Å². The molecule has 1 amide bonds. The molecule has 2 aromatic carbocycles. The number of hydrogen-bond donors (Lipinski definition) is 3. The Morgan fingerprint density at radius 2 is 1.59 bits per heavy atom. The van der Waals surface area contributed by atoms with Gasteiger partial charge in [-0.2, -0.15) is 5.26 Å². The van der Waals surface area contributed by atoms with Crippen molar-refractivity contribution in [3.8, 4) is 11.8 Å². The SMILES string of the molecule is CCc1ccc(NC(=O)C(C#N)=Cc2cc(C)n(-c3cc(C(=O)O)cc(C(=O)O)c3)c2C)cc1. The molecule has 8 nitrogen and oxygen atoms in total. The molecule has 0 fully saturated rings. The molecule has 0 radical (unpaired) electrons. The second-order valence-corrected chi connectivity index (χ2v) is 7.72. The fourth-order valence-corrected chi connectivity index (χ4v) is 3.64. The molecule has 0 bridgehead atoms. The van der Waals surface area contributed by atoms with Crippen LogP contribution < -0.4 is 5.32 Å². The van der Waals surface area contributed by atoms with Crippen LogP contribution in [0.2, 0.25) is 0 Å². The second kappa shape index (κ2) is 9.88. The Hall–Kier alpha value is -4.64. The number of nitrogens with zero attached hydrogens (tertiary/aromatic N) is 2. The number of aromatic carboxylic acids is 2. The van der Waals surface area contributed by atoms with Gasteiger partial charge in [-0.25, -0.2) is 9.59 Å². The maximum absolute atomic E-state index is 12.7. The highest BCUT2D eigenvalue weighted by Gasteiger charge is 2.17. The molecule has 34 heavy (non-hydrogen) atoms. The summed E-state index contributed by atoms with van der Waals surface area (Å²) < 4.78 is 1.68. The summed E-state index contributed by atoms with van der Waals surface area (Å²) in [4.78, 5) is 35.7. The van der Waals surface area contributed by atoms with E-state index in [4.69, 9.17) is 0 Å². The van der Waals surface area contributed by atoms with Crippen molar-refractivity contribution in [3.63, 3.8) is 0 Å². The van der Waals surface area contributed by atoms with Gasteiger partial charge in [0.05, 0.1) is 11.1 Å². The van der Waals surface area contributed by atoms with Gasteiger partial charge in [0.15, 0.2) is 0 Å². The number of rotatable bonds is 7. The van der Waals surface area contributed by atoms with Crippen LogP contribution in [0, 0.1) is 25.2 Å². The zero-order chi connectivity index (χ0) is 25.0. The third-order valence-electron chi connectivity index (χ3n) is 5.43. The highest BCUT2D eigenvalue weighted by atomic mass is 16.4. The lowest BCUT2D eigenvalue weighted by molar-refractivity contribution is -0.112. The third kappa shape index (κ3) is 5.05. The number of carbonyl (C=O) groups excluding carboxylic acids is 1. The zero-order valence-corrected chi connectivity index (χ0v) is 18.9. The van der Waals surface area contributed by atoms with Gasteiger partial charge in [-0.1, -0.05) is 19.1 Å². The number of aryl methyl sites for hydroxylation is 2. The molecule has 1 heterocycles. The van der Waals surface area contributed by atoms with Crippen molar-refractivity contribution in [1.29, 1.82) is 5.26 Å². The highest BCUT2D eigenvalue weighted by Crippen LogP contribution is 2.25. The number of nitrogens with one attached hydrogen (secondary N) is 1. The van der Waals surface area contributed by atoms with Crippen molar-refractivity contribution in [1.82, 2.24) is 4.57 Å². The Morgan fingerprint density at radius 3 is 2.09 bits per heavy atom. The van der Waals surface area contributed by atoms with Crippen LogP contribution in [0.1, 0.15) is 50.2 Å². The van der Waals surface area contributed by atoms with Crippen molar-refractivity contribution in [2.45, 2.75) is 27.2 Å². The Morgan fingerprint density at radius 1 is 1.00 bits per heavy atom. The number of benzene rings is 2. The standard InChI is InChI=1S/C26H23N3O5/c1-4-17-5-7-22(8-6-17)28-24(30)21(14-27)10-18-9-15(2)29(16(18)3)23-12-19(25(31)32)11-20(13-23)26(33)34/h5-13H,4H2,1-3H3,(H,28,30)(H,31,32)(H,33,34). The average molecular weight is 457 g/mol. The van der Waals surface area contributed by atoms with Crippen LogP contribution in [0.15, 0.2) is 54.1 Å². The lowest BCUT2D eigenvalue weighted by Crippen LogP contribution is -2.13. The van der Waals surface area contributed by atoms with E-state index in [1.54, 1.807) is 36.6 Å². The molecule has 172 valence electrons. The zero-order valence-electron chi connectivity index (χ0n) is 18.9. The molecule has 0 spiro atoms. The number of hydrogen-bond acceptors (Lipinski definition) is 4. The first kappa shape index (κ1) is 24.0. The Balaban J connectivity index is 1.99. The number of aromatic nitrogens is 1. The van der Waals surface area contributed by atoms with E-state index in [1.165, 1.54) is 18.2 Å². The number of carbonyl (C=O) groups is 3. The van der Waals surface area contributed by atoms with E-state index < -0.39 is 17.8 Å². The maximum Gasteiger partial charge on any atom is 0.335 e. The predicted molar refractivity (Wildman–Crippen MR) is 127 cm³/mol. The van der Waals surface area contributed by atoms with Crippen molar-refractivity contribution in [2.24, 2.45) is 0 Å². The topological polar surface area (TPSA) is 132 Å². The normalized spacial score (nSPS) is 11.1. The van der Waals surface area contributed by atoms with E-state index in [2.05, 4.69) is 5.32 Å². The summed E-state index contributed by atoms with van der Waals surface area (Å²) in [5.74, 6) is -3.05. The molecular formula is C26H23N3O5. The van der Waals surface area contributed by atoms with Gasteiger partial charge >= 0.3 is 11.9 Å². The minimum Gasteiger partial charge on any atom is -0.478 e. The summed E-state index contributed by atoms with van der Waals surface area (Å²) in [6.45, 7) is 5.53. The molecule has 3 N–H and O–H groups in total. The van der Waals surface area contributed by atoms with Gasteiger partial charge < -0.3 is 20.1 Å². The number of carboxylic acid groups (broad SMARTS) is 2. The molecule has 3 aromatic rings. The largest absolute Gasteiger partial charge is 0.478 e. The van der Waals surface area contributed by atoms with E-state index in [1.807, 2.05) is 25.1 Å². The molecule has 0 aliphatic heterocycles. The Labute approximate surface area is 196 Å². The molecule has 0 atom stereocenters. The summed E-state index contributed by atoms with van der Waals surface area (Å²) >= 11 is 0. The smallest absolute Gasteiger partial charge is 0.335 e. The summed E-state index contributed by atoms with van der Waals surface area (Å²) in [5.41, 5.74) is 3.48. The van der Waals surface area contributed by atoms with Crippen LogP contribution in [0.5, 0.6) is 0 Å². The molecule has 3 rings (SSSR count). The number of carboxylic acids is 2. The van der Waals surface area contributed by atoms with Gasteiger partial charge in [0.1, 0.15) is 11.6 Å². The highest BCUT2D eigenvalue weighted by molar-refractivity contribution is 6.09. The summed E-state index contributed by atoms with van der Waals surface area (Å²) in [6.07, 6.45) is 2.32. The molecular weight excluding hydrogens is 434 g/mol. The molecule has 0 saturated heterocycles. The third-order valence-corrected chi connectivity index (χ3v) is 5.43. The minimum absolute atomic E-state index is 0.106. The monoisotopic (exact) mass is 457 g/mol. The number of amides is 1. The van der Waals surface area contributed by atoms with E-state index in [0.717, 1.165) is 18.1 Å². The van der Waals surface area contributed by atoms with Crippen molar-refractivity contribution in [3.05, 3.63) is 87.7 Å². The van der Waals surface area contributed by atoms with Gasteiger partial charge in [0, 0.05) is 22.8 Å². The van der Waals surface area contributed by atoms with Crippen LogP contribution in [0.25, 0.3) is 11.8 Å². The van der Waals surface area contributed by atoms with Crippen molar-refractivity contribution in [2.75, 3.05) is 5.32 Å². The number of anilines is 1. The van der Waals surface area contributed by atoms with Gasteiger partial charge in [0.2, 0.25) is 0 Å². The molecule has 0 saturated carbocycles. The number of nitriles is 1. The van der Waals surface area contributed by atoms with Crippen LogP contribution in [-0.2, 0) is 11.2 Å². The molecule has 0 aliphatic rings. The summed E-state index contributed by atoms with van der Waals surface area (Å²) in [5, 5.41) is 31.0. The van der Waals surface area contributed by atoms with Crippen LogP contribution >= 0.6 is 0 Å². The van der Waals surface area contributed by atoms with Crippen molar-refractivity contribution >= 4 is 29.6 Å². The van der Waals surface area contributed by atoms with Crippen LogP contribution in [0.4, 0.5) is 5.69 Å². The summed E-state index contributed by atoms with van der Waals surface area (Å²) in [7, 11) is 0. The van der Waals surface area contributed by atoms with Crippen LogP contribution in [0.3, 0.4) is 0 Å². The molecule has 8 heteroatoms. The fraction of sp³-hybridized carbons (Fsp3) is 0.154. The molecule has 0 aliphatic carbocycles. The lowest BCUT2D eigenvalue weighted by atomic mass is 10.1. The Bertz CT molecular complexity index is 1330. The van der Waals surface area contributed by atoms with Gasteiger partial charge in [-0.3, -0.25) is 4.79 Å². The van der Waals surface area contributed by atoms with Crippen molar-refractivity contribution < 1.29 is 24.6 Å². The molecule has 0 unspecified atom stereocenters. The predicted octanol–water partition coefficient (Wildman–Crippen LogP) is 4.60. The first-order valence-electron chi connectivity index (χ1n) is 10.5. The van der Waals surface area contributed by atoms with E-state index in [-0.39, 0.29) is 16.7 Å². The van der Waals surface area contributed by atoms with Gasteiger partial charge in [-0.15, -0.1) is 0 Å². The Kier molecular flexibility index (Phi) is 6.98. The van der Waals surface area contributed by atoms with Gasteiger partial charge in [-0.05, 0) is 73.9 Å². The fourth-order valence-electron chi connectivity index (χ4n) is 3.64. The average Bonchev–Trinajstić information content (AvgIpc) is 3.09. The first-order chi connectivity index (χ1) is 16.1. The minimum atomic E-state index is -1.25. The van der Waals surface area contributed by atoms with Crippen LogP contribution in [-0.4, -0.2) is 32.6 Å². The first-order valence-corrected chi connectivity index (χ1v) is 10.5. The quantitative estimate of drug-likeness (QED) is 0.351. The lowest BCUT2D eigenvalue weighted by Gasteiger charge is -2.12. The van der Waals surface area contributed by atoms with E-state index >= 15 is 0 Å². The van der Waals surface area contributed by atoms with E-state index in [9.17, 15) is 29.9 Å². The summed E-state index contributed by atoms with van der Waals surface area (Å²) in [6, 6.07) is 14.8.